The summed E-state index contributed by atoms with van der Waals surface area (Å²) < 4.78 is 5.28. The molecule has 1 heterocycles. The minimum Gasteiger partial charge on any atom is -0.497 e. The van der Waals surface area contributed by atoms with Crippen molar-refractivity contribution in [1.82, 2.24) is 9.97 Å². The first-order chi connectivity index (χ1) is 11.3. The Morgan fingerprint density at radius 3 is 2.48 bits per heavy atom. The van der Waals surface area contributed by atoms with Crippen LogP contribution in [0.1, 0.15) is 42.0 Å². The van der Waals surface area contributed by atoms with E-state index in [1.165, 1.54) is 24.0 Å². The van der Waals surface area contributed by atoms with Crippen LogP contribution in [0.4, 0.5) is 11.8 Å². The molecule has 0 saturated carbocycles. The van der Waals surface area contributed by atoms with Gasteiger partial charge in [-0.3, -0.25) is 0 Å². The molecule has 0 spiro atoms. The molecule has 0 radical (unpaired) electrons. The Morgan fingerprint density at radius 1 is 1.04 bits per heavy atom. The lowest BCUT2D eigenvalue weighted by atomic mass is 9.88. The van der Waals surface area contributed by atoms with Gasteiger partial charge in [0.15, 0.2) is 0 Å². The molecule has 122 valence electrons. The van der Waals surface area contributed by atoms with E-state index < -0.39 is 0 Å². The highest BCUT2D eigenvalue weighted by molar-refractivity contribution is 5.55. The Balaban J connectivity index is 2.09. The number of ether oxygens (including phenoxy) is 1. The Labute approximate surface area is 137 Å². The minimum atomic E-state index is 0.326. The summed E-state index contributed by atoms with van der Waals surface area (Å²) in [6.45, 7) is 0. The molecule has 5 heteroatoms. The Morgan fingerprint density at radius 2 is 1.83 bits per heavy atom. The van der Waals surface area contributed by atoms with Gasteiger partial charge in [-0.2, -0.15) is 4.98 Å². The molecule has 1 aromatic carbocycles. The van der Waals surface area contributed by atoms with Crippen molar-refractivity contribution in [2.45, 2.75) is 31.6 Å². The SMILES string of the molecule is CNc1nc2c(c(NC)n1)C(c1ccc(OC)cc1)CCCC2. The number of methoxy groups -OCH3 is 1. The third kappa shape index (κ3) is 3.09. The maximum Gasteiger partial charge on any atom is 0.224 e. The van der Waals surface area contributed by atoms with E-state index in [2.05, 4.69) is 27.8 Å². The lowest BCUT2D eigenvalue weighted by molar-refractivity contribution is 0.414. The molecular formula is C18H24N4O. The van der Waals surface area contributed by atoms with Crippen LogP contribution in [0.3, 0.4) is 0 Å². The van der Waals surface area contributed by atoms with E-state index in [0.717, 1.165) is 30.1 Å². The maximum atomic E-state index is 5.28. The van der Waals surface area contributed by atoms with Gasteiger partial charge < -0.3 is 15.4 Å². The van der Waals surface area contributed by atoms with Crippen LogP contribution in [0.2, 0.25) is 0 Å². The smallest absolute Gasteiger partial charge is 0.224 e. The Hall–Kier alpha value is -2.30. The predicted octanol–water partition coefficient (Wildman–Crippen LogP) is 3.43. The fraction of sp³-hybridized carbons (Fsp3) is 0.444. The molecule has 0 fully saturated rings. The third-order valence-corrected chi connectivity index (χ3v) is 4.51. The highest BCUT2D eigenvalue weighted by atomic mass is 16.5. The molecule has 0 saturated heterocycles. The van der Waals surface area contributed by atoms with Crippen molar-refractivity contribution in [1.29, 1.82) is 0 Å². The number of fused-ring (bicyclic) bond motifs is 1. The number of rotatable bonds is 4. The van der Waals surface area contributed by atoms with Gasteiger partial charge in [0, 0.05) is 25.6 Å². The van der Waals surface area contributed by atoms with Gasteiger partial charge in [0.1, 0.15) is 11.6 Å². The summed E-state index contributed by atoms with van der Waals surface area (Å²) in [7, 11) is 5.49. The lowest BCUT2D eigenvalue weighted by Crippen LogP contribution is -2.12. The van der Waals surface area contributed by atoms with Crippen molar-refractivity contribution in [3.8, 4) is 5.75 Å². The van der Waals surface area contributed by atoms with Crippen molar-refractivity contribution >= 4 is 11.8 Å². The normalized spacial score (nSPS) is 17.1. The van der Waals surface area contributed by atoms with Gasteiger partial charge >= 0.3 is 0 Å². The van der Waals surface area contributed by atoms with Crippen LogP contribution in [0.25, 0.3) is 0 Å². The van der Waals surface area contributed by atoms with E-state index in [4.69, 9.17) is 9.72 Å². The van der Waals surface area contributed by atoms with E-state index in [9.17, 15) is 0 Å². The highest BCUT2D eigenvalue weighted by Crippen LogP contribution is 2.39. The molecule has 1 aliphatic rings. The topological polar surface area (TPSA) is 59.1 Å². The summed E-state index contributed by atoms with van der Waals surface area (Å²) in [5, 5.41) is 6.33. The number of benzene rings is 1. The van der Waals surface area contributed by atoms with Gasteiger partial charge in [0.05, 0.1) is 12.8 Å². The van der Waals surface area contributed by atoms with Crippen molar-refractivity contribution in [3.05, 3.63) is 41.1 Å². The molecule has 2 aromatic rings. The molecule has 2 N–H and O–H groups in total. The Bertz CT molecular complexity index is 669. The van der Waals surface area contributed by atoms with E-state index in [-0.39, 0.29) is 0 Å². The minimum absolute atomic E-state index is 0.326. The molecule has 1 atom stereocenters. The standard InChI is InChI=1S/C18H24N4O/c1-19-17-16-14(12-8-10-13(23-3)11-9-12)6-4-5-7-15(16)21-18(20-2)22-17/h8-11,14H,4-7H2,1-3H3,(H2,19,20,21,22). The van der Waals surface area contributed by atoms with E-state index >= 15 is 0 Å². The van der Waals surface area contributed by atoms with Crippen LogP contribution in [-0.2, 0) is 6.42 Å². The molecule has 3 rings (SSSR count). The summed E-state index contributed by atoms with van der Waals surface area (Å²) >= 11 is 0. The third-order valence-electron chi connectivity index (χ3n) is 4.51. The van der Waals surface area contributed by atoms with Crippen molar-refractivity contribution in [2.75, 3.05) is 31.8 Å². The second-order valence-electron chi connectivity index (χ2n) is 5.83. The lowest BCUT2D eigenvalue weighted by Gasteiger charge is -2.21. The number of aromatic nitrogens is 2. The molecule has 0 bridgehead atoms. The van der Waals surface area contributed by atoms with Gasteiger partial charge in [-0.15, -0.1) is 0 Å². The number of hydrogen-bond donors (Lipinski definition) is 2. The zero-order valence-corrected chi connectivity index (χ0v) is 14.0. The van der Waals surface area contributed by atoms with Gasteiger partial charge in [-0.1, -0.05) is 18.6 Å². The summed E-state index contributed by atoms with van der Waals surface area (Å²) in [5.41, 5.74) is 3.70. The van der Waals surface area contributed by atoms with Gasteiger partial charge in [-0.05, 0) is 37.0 Å². The fourth-order valence-corrected chi connectivity index (χ4v) is 3.33. The van der Waals surface area contributed by atoms with E-state index in [1.54, 1.807) is 7.11 Å². The zero-order valence-electron chi connectivity index (χ0n) is 14.0. The van der Waals surface area contributed by atoms with Crippen LogP contribution < -0.4 is 15.4 Å². The van der Waals surface area contributed by atoms with Crippen LogP contribution in [-0.4, -0.2) is 31.2 Å². The first kappa shape index (κ1) is 15.6. The predicted molar refractivity (Wildman–Crippen MR) is 93.5 cm³/mol. The van der Waals surface area contributed by atoms with Crippen molar-refractivity contribution in [2.24, 2.45) is 0 Å². The number of anilines is 2. The molecule has 0 aliphatic heterocycles. The summed E-state index contributed by atoms with van der Waals surface area (Å²) in [6, 6.07) is 8.37. The number of aryl methyl sites for hydroxylation is 1. The molecular weight excluding hydrogens is 288 g/mol. The van der Waals surface area contributed by atoms with Crippen LogP contribution in [0, 0.1) is 0 Å². The van der Waals surface area contributed by atoms with Crippen LogP contribution in [0.5, 0.6) is 5.75 Å². The van der Waals surface area contributed by atoms with Gasteiger partial charge in [-0.25, -0.2) is 4.98 Å². The molecule has 5 nitrogen and oxygen atoms in total. The van der Waals surface area contributed by atoms with E-state index in [0.29, 0.717) is 11.9 Å². The molecule has 23 heavy (non-hydrogen) atoms. The first-order valence-electron chi connectivity index (χ1n) is 8.17. The van der Waals surface area contributed by atoms with Crippen LogP contribution in [0.15, 0.2) is 24.3 Å². The quantitative estimate of drug-likeness (QED) is 0.847. The molecule has 1 aromatic heterocycles. The molecule has 1 unspecified atom stereocenters. The number of nitrogens with one attached hydrogen (secondary N) is 2. The first-order valence-corrected chi connectivity index (χ1v) is 8.17. The summed E-state index contributed by atoms with van der Waals surface area (Å²) in [6.07, 6.45) is 4.50. The number of hydrogen-bond acceptors (Lipinski definition) is 5. The zero-order chi connectivity index (χ0) is 16.2. The van der Waals surface area contributed by atoms with Crippen LogP contribution >= 0.6 is 0 Å². The van der Waals surface area contributed by atoms with Gasteiger partial charge in [0.2, 0.25) is 5.95 Å². The van der Waals surface area contributed by atoms with Crippen molar-refractivity contribution in [3.63, 3.8) is 0 Å². The average Bonchev–Trinajstić information content (AvgIpc) is 2.83. The average molecular weight is 312 g/mol. The maximum absolute atomic E-state index is 5.28. The van der Waals surface area contributed by atoms with Crippen molar-refractivity contribution < 1.29 is 4.74 Å². The molecule has 1 aliphatic carbocycles. The van der Waals surface area contributed by atoms with E-state index in [1.807, 2.05) is 26.2 Å². The largest absolute Gasteiger partial charge is 0.497 e. The highest BCUT2D eigenvalue weighted by Gasteiger charge is 2.26. The monoisotopic (exact) mass is 312 g/mol. The fourth-order valence-electron chi connectivity index (χ4n) is 3.33. The Kier molecular flexibility index (Phi) is 4.65. The number of nitrogens with zero attached hydrogens (tertiary/aromatic N) is 2. The second kappa shape index (κ2) is 6.86. The summed E-state index contributed by atoms with van der Waals surface area (Å²) in [4.78, 5) is 9.34. The molecule has 0 amide bonds. The second-order valence-corrected chi connectivity index (χ2v) is 5.83. The summed E-state index contributed by atoms with van der Waals surface area (Å²) in [5.74, 6) is 2.83. The van der Waals surface area contributed by atoms with Gasteiger partial charge in [0.25, 0.3) is 0 Å².